The minimum absolute atomic E-state index is 0.362. The Labute approximate surface area is 117 Å². The monoisotopic (exact) mass is 277 g/mol. The summed E-state index contributed by atoms with van der Waals surface area (Å²) in [6, 6.07) is 4.57. The second kappa shape index (κ2) is 5.86. The van der Waals surface area contributed by atoms with Crippen LogP contribution in [0.3, 0.4) is 0 Å². The number of hydrogen-bond donors (Lipinski definition) is 1. The molecule has 1 aliphatic rings. The topological polar surface area (TPSA) is 41.3 Å². The maximum atomic E-state index is 10.2. The van der Waals surface area contributed by atoms with Gasteiger partial charge in [-0.3, -0.25) is 9.58 Å². The van der Waals surface area contributed by atoms with E-state index in [4.69, 9.17) is 0 Å². The summed E-state index contributed by atoms with van der Waals surface area (Å²) in [4.78, 5) is 2.40. The second-order valence-electron chi connectivity index (χ2n) is 5.09. The molecule has 1 saturated heterocycles. The van der Waals surface area contributed by atoms with Crippen molar-refractivity contribution in [3.8, 4) is 0 Å². The van der Waals surface area contributed by atoms with Crippen molar-refractivity contribution >= 4 is 11.3 Å². The Hall–Kier alpha value is -1.17. The van der Waals surface area contributed by atoms with Gasteiger partial charge < -0.3 is 5.11 Å². The molecule has 0 bridgehead atoms. The third kappa shape index (κ3) is 3.05. The van der Waals surface area contributed by atoms with Gasteiger partial charge in [0.05, 0.1) is 12.6 Å². The smallest absolute Gasteiger partial charge is 0.0862 e. The van der Waals surface area contributed by atoms with Crippen LogP contribution in [0, 0.1) is 0 Å². The van der Waals surface area contributed by atoms with Crippen LogP contribution < -0.4 is 0 Å². The van der Waals surface area contributed by atoms with Gasteiger partial charge in [0.25, 0.3) is 0 Å². The molecule has 102 valence electrons. The van der Waals surface area contributed by atoms with E-state index in [1.165, 1.54) is 18.4 Å². The van der Waals surface area contributed by atoms with Gasteiger partial charge in [0, 0.05) is 25.0 Å². The molecule has 0 aliphatic carbocycles. The molecule has 1 fully saturated rings. The molecule has 3 heterocycles. The number of aliphatic hydroxyl groups is 1. The van der Waals surface area contributed by atoms with Crippen LogP contribution in [0.5, 0.6) is 0 Å². The highest BCUT2D eigenvalue weighted by Gasteiger charge is 2.27. The summed E-state index contributed by atoms with van der Waals surface area (Å²) >= 11 is 1.75. The molecule has 1 aliphatic heterocycles. The summed E-state index contributed by atoms with van der Waals surface area (Å²) < 4.78 is 1.79. The molecule has 0 unspecified atom stereocenters. The lowest BCUT2D eigenvalue weighted by molar-refractivity contribution is 0.0891. The fourth-order valence-electron chi connectivity index (χ4n) is 2.84. The normalized spacial score (nSPS) is 21.8. The summed E-state index contributed by atoms with van der Waals surface area (Å²) in [6.07, 6.45) is 5.69. The van der Waals surface area contributed by atoms with E-state index in [1.807, 2.05) is 12.3 Å². The van der Waals surface area contributed by atoms with Crippen molar-refractivity contribution in [2.45, 2.75) is 31.5 Å². The molecule has 1 N–H and O–H groups in total. The standard InChI is InChI=1S/C14H19N3OS/c18-13(10-17-7-2-5-15-17)9-16-6-1-3-14(16)12-4-8-19-11-12/h2,4-5,7-8,11,13-14,18H,1,3,6,9-10H2/t13-,14-/m0/s1. The first-order valence-electron chi connectivity index (χ1n) is 6.74. The van der Waals surface area contributed by atoms with Crippen LogP contribution in [0.25, 0.3) is 0 Å². The molecule has 0 saturated carbocycles. The molecule has 19 heavy (non-hydrogen) atoms. The molecule has 0 amide bonds. The van der Waals surface area contributed by atoms with Crippen LogP contribution in [0.4, 0.5) is 0 Å². The number of hydrogen-bond acceptors (Lipinski definition) is 4. The number of nitrogens with zero attached hydrogens (tertiary/aromatic N) is 3. The van der Waals surface area contributed by atoms with Gasteiger partial charge >= 0.3 is 0 Å². The lowest BCUT2D eigenvalue weighted by atomic mass is 10.1. The molecule has 4 nitrogen and oxygen atoms in total. The summed E-state index contributed by atoms with van der Waals surface area (Å²) in [7, 11) is 0. The first-order chi connectivity index (χ1) is 9.33. The fraction of sp³-hybridized carbons (Fsp3) is 0.500. The Morgan fingerprint density at radius 2 is 2.42 bits per heavy atom. The summed E-state index contributed by atoms with van der Waals surface area (Å²) in [5.41, 5.74) is 1.40. The maximum absolute atomic E-state index is 10.2. The summed E-state index contributed by atoms with van der Waals surface area (Å²) in [6.45, 7) is 2.37. The molecule has 0 radical (unpaired) electrons. The van der Waals surface area contributed by atoms with Gasteiger partial charge in [-0.25, -0.2) is 0 Å². The van der Waals surface area contributed by atoms with Crippen LogP contribution in [0.2, 0.25) is 0 Å². The van der Waals surface area contributed by atoms with Crippen molar-refractivity contribution in [2.75, 3.05) is 13.1 Å². The molecule has 2 aromatic heterocycles. The van der Waals surface area contributed by atoms with Crippen LogP contribution in [0.1, 0.15) is 24.4 Å². The van der Waals surface area contributed by atoms with Crippen molar-refractivity contribution in [1.29, 1.82) is 0 Å². The van der Waals surface area contributed by atoms with E-state index in [2.05, 4.69) is 26.8 Å². The van der Waals surface area contributed by atoms with Crippen LogP contribution in [0.15, 0.2) is 35.3 Å². The van der Waals surface area contributed by atoms with Gasteiger partial charge in [-0.05, 0) is 47.8 Å². The van der Waals surface area contributed by atoms with Crippen LogP contribution >= 0.6 is 11.3 Å². The molecule has 2 atom stereocenters. The molecule has 2 aromatic rings. The highest BCUT2D eigenvalue weighted by atomic mass is 32.1. The molecular formula is C14H19N3OS. The Kier molecular flexibility index (Phi) is 3.96. The number of likely N-dealkylation sites (tertiary alicyclic amines) is 1. The predicted octanol–water partition coefficient (Wildman–Crippen LogP) is 2.14. The lowest BCUT2D eigenvalue weighted by Gasteiger charge is -2.26. The first kappa shape index (κ1) is 12.8. The zero-order chi connectivity index (χ0) is 13.1. The Morgan fingerprint density at radius 3 is 3.16 bits per heavy atom. The van der Waals surface area contributed by atoms with Crippen molar-refractivity contribution in [2.24, 2.45) is 0 Å². The fourth-order valence-corrected chi connectivity index (χ4v) is 3.55. The summed E-state index contributed by atoms with van der Waals surface area (Å²) in [5.74, 6) is 0. The van der Waals surface area contributed by atoms with Crippen molar-refractivity contribution in [1.82, 2.24) is 14.7 Å². The van der Waals surface area contributed by atoms with Crippen LogP contribution in [-0.4, -0.2) is 39.0 Å². The molecular weight excluding hydrogens is 258 g/mol. The molecule has 0 aromatic carbocycles. The third-order valence-corrected chi connectivity index (χ3v) is 4.40. The van der Waals surface area contributed by atoms with Gasteiger partial charge in [-0.1, -0.05) is 0 Å². The quantitative estimate of drug-likeness (QED) is 0.910. The number of aliphatic hydroxyl groups excluding tert-OH is 1. The number of β-amino-alcohol motifs (C(OH)–C–C–N with tert-alkyl or cyclic N) is 1. The first-order valence-corrected chi connectivity index (χ1v) is 7.69. The minimum Gasteiger partial charge on any atom is -0.390 e. The third-order valence-electron chi connectivity index (χ3n) is 3.69. The van der Waals surface area contributed by atoms with Crippen molar-refractivity contribution in [3.63, 3.8) is 0 Å². The highest BCUT2D eigenvalue weighted by molar-refractivity contribution is 7.07. The van der Waals surface area contributed by atoms with Gasteiger partial charge in [0.1, 0.15) is 0 Å². The van der Waals surface area contributed by atoms with Gasteiger partial charge in [-0.15, -0.1) is 0 Å². The van der Waals surface area contributed by atoms with E-state index in [1.54, 1.807) is 22.2 Å². The SMILES string of the molecule is O[C@@H](CN1CCC[C@H]1c1ccsc1)Cn1cccn1. The lowest BCUT2D eigenvalue weighted by Crippen LogP contribution is -2.34. The van der Waals surface area contributed by atoms with Gasteiger partial charge in [0.15, 0.2) is 0 Å². The van der Waals surface area contributed by atoms with E-state index in [9.17, 15) is 5.11 Å². The highest BCUT2D eigenvalue weighted by Crippen LogP contribution is 2.32. The van der Waals surface area contributed by atoms with E-state index < -0.39 is 0 Å². The maximum Gasteiger partial charge on any atom is 0.0862 e. The van der Waals surface area contributed by atoms with Gasteiger partial charge in [0.2, 0.25) is 0 Å². The Morgan fingerprint density at radius 1 is 1.47 bits per heavy atom. The zero-order valence-corrected chi connectivity index (χ0v) is 11.7. The van der Waals surface area contributed by atoms with Crippen LogP contribution in [-0.2, 0) is 6.54 Å². The molecule has 3 rings (SSSR count). The van der Waals surface area contributed by atoms with E-state index in [0.29, 0.717) is 12.6 Å². The number of rotatable bonds is 5. The second-order valence-corrected chi connectivity index (χ2v) is 5.87. The van der Waals surface area contributed by atoms with E-state index in [-0.39, 0.29) is 6.10 Å². The van der Waals surface area contributed by atoms with E-state index >= 15 is 0 Å². The largest absolute Gasteiger partial charge is 0.390 e. The van der Waals surface area contributed by atoms with E-state index in [0.717, 1.165) is 13.1 Å². The number of aromatic nitrogens is 2. The van der Waals surface area contributed by atoms with Crippen molar-refractivity contribution < 1.29 is 5.11 Å². The van der Waals surface area contributed by atoms with Gasteiger partial charge in [-0.2, -0.15) is 16.4 Å². The summed E-state index contributed by atoms with van der Waals surface area (Å²) in [5, 5.41) is 18.7. The zero-order valence-electron chi connectivity index (χ0n) is 10.9. The molecule has 0 spiro atoms. The van der Waals surface area contributed by atoms with Crippen molar-refractivity contribution in [3.05, 3.63) is 40.8 Å². The average Bonchev–Trinajstić information content (AvgIpc) is 3.09. The number of thiophene rings is 1. The Balaban J connectivity index is 1.59. The molecule has 5 heteroatoms. The Bertz CT molecular complexity index is 483. The predicted molar refractivity (Wildman–Crippen MR) is 76.1 cm³/mol. The minimum atomic E-state index is -0.362. The average molecular weight is 277 g/mol.